The number of carbonyl (C=O) groups is 1. The van der Waals surface area contributed by atoms with Crippen LogP contribution in [0.1, 0.15) is 43.0 Å². The molecule has 0 fully saturated rings. The number of thiocarbonyl (C=S) groups is 1. The maximum atomic E-state index is 12.5. The van der Waals surface area contributed by atoms with E-state index in [4.69, 9.17) is 17.0 Å². The summed E-state index contributed by atoms with van der Waals surface area (Å²) < 4.78 is 33.3. The average Bonchev–Trinajstić information content (AvgIpc) is 2.85. The summed E-state index contributed by atoms with van der Waals surface area (Å²) in [6.45, 7) is 2.82. The van der Waals surface area contributed by atoms with Gasteiger partial charge in [-0.1, -0.05) is 44.4 Å². The summed E-state index contributed by atoms with van der Waals surface area (Å²) in [5.41, 5.74) is 1.46. The van der Waals surface area contributed by atoms with Crippen LogP contribution < -0.4 is 20.1 Å². The van der Waals surface area contributed by atoms with Gasteiger partial charge in [-0.2, -0.15) is 0 Å². The normalized spacial score (nSPS) is 10.9. The molecule has 0 saturated heterocycles. The molecule has 0 radical (unpaired) electrons. The second-order valence-electron chi connectivity index (χ2n) is 7.84. The predicted octanol–water partition coefficient (Wildman–Crippen LogP) is 5.57. The second-order valence-corrected chi connectivity index (χ2v) is 9.93. The molecule has 0 saturated carbocycles. The number of unbranched alkanes of at least 4 members (excludes halogenated alkanes) is 3. The molecule has 3 N–H and O–H groups in total. The summed E-state index contributed by atoms with van der Waals surface area (Å²) in [4.78, 5) is 12.6. The maximum absolute atomic E-state index is 12.5. The van der Waals surface area contributed by atoms with Crippen molar-refractivity contribution < 1.29 is 17.9 Å². The fourth-order valence-electron chi connectivity index (χ4n) is 3.20. The molecule has 0 heterocycles. The summed E-state index contributed by atoms with van der Waals surface area (Å²) in [5, 5.41) is 5.61. The Hall–Kier alpha value is -3.43. The molecule has 0 atom stereocenters. The van der Waals surface area contributed by atoms with Gasteiger partial charge < -0.3 is 10.1 Å². The van der Waals surface area contributed by atoms with Crippen molar-refractivity contribution in [2.45, 2.75) is 37.5 Å². The van der Waals surface area contributed by atoms with Gasteiger partial charge in [0.15, 0.2) is 5.11 Å². The second kappa shape index (κ2) is 12.9. The number of benzene rings is 3. The van der Waals surface area contributed by atoms with E-state index >= 15 is 0 Å². The lowest BCUT2D eigenvalue weighted by Gasteiger charge is -2.12. The van der Waals surface area contributed by atoms with Crippen LogP contribution in [0.3, 0.4) is 0 Å². The number of nitrogens with one attached hydrogen (secondary N) is 3. The fraction of sp³-hybridized carbons (Fsp3) is 0.231. The topological polar surface area (TPSA) is 96.5 Å². The lowest BCUT2D eigenvalue weighted by Crippen LogP contribution is -2.34. The van der Waals surface area contributed by atoms with Crippen molar-refractivity contribution in [2.24, 2.45) is 0 Å². The molecule has 184 valence electrons. The first-order valence-electron chi connectivity index (χ1n) is 11.4. The van der Waals surface area contributed by atoms with Gasteiger partial charge >= 0.3 is 0 Å². The van der Waals surface area contributed by atoms with Gasteiger partial charge in [0, 0.05) is 16.9 Å². The highest BCUT2D eigenvalue weighted by Crippen LogP contribution is 2.18. The molecule has 0 bridgehead atoms. The minimum absolute atomic E-state index is 0.101. The van der Waals surface area contributed by atoms with Crippen LogP contribution in [0.2, 0.25) is 0 Å². The van der Waals surface area contributed by atoms with Crippen molar-refractivity contribution in [1.29, 1.82) is 0 Å². The number of carbonyl (C=O) groups excluding carboxylic acids is 1. The van der Waals surface area contributed by atoms with Gasteiger partial charge in [-0.05, 0) is 79.3 Å². The summed E-state index contributed by atoms with van der Waals surface area (Å²) in [6.07, 6.45) is 4.53. The lowest BCUT2D eigenvalue weighted by atomic mass is 10.2. The Bertz CT molecular complexity index is 1210. The van der Waals surface area contributed by atoms with Crippen LogP contribution in [0.4, 0.5) is 11.4 Å². The van der Waals surface area contributed by atoms with Crippen molar-refractivity contribution in [3.05, 3.63) is 84.4 Å². The van der Waals surface area contributed by atoms with Crippen molar-refractivity contribution in [2.75, 3.05) is 16.6 Å². The first-order valence-corrected chi connectivity index (χ1v) is 13.3. The number of para-hydroxylation sites is 1. The van der Waals surface area contributed by atoms with Crippen LogP contribution >= 0.6 is 12.2 Å². The third-order valence-corrected chi connectivity index (χ3v) is 6.66. The minimum atomic E-state index is -3.72. The van der Waals surface area contributed by atoms with Crippen LogP contribution in [0, 0.1) is 0 Å². The summed E-state index contributed by atoms with van der Waals surface area (Å²) in [7, 11) is -3.72. The van der Waals surface area contributed by atoms with Gasteiger partial charge in [-0.3, -0.25) is 14.8 Å². The first kappa shape index (κ1) is 26.2. The molecule has 3 aromatic rings. The van der Waals surface area contributed by atoms with Gasteiger partial charge in [0.25, 0.3) is 15.9 Å². The highest BCUT2D eigenvalue weighted by atomic mass is 32.2. The van der Waals surface area contributed by atoms with E-state index in [0.717, 1.165) is 18.6 Å². The number of hydrogen-bond acceptors (Lipinski definition) is 5. The van der Waals surface area contributed by atoms with Crippen molar-refractivity contribution in [3.63, 3.8) is 0 Å². The molecule has 0 unspecified atom stereocenters. The van der Waals surface area contributed by atoms with E-state index < -0.39 is 10.0 Å². The van der Waals surface area contributed by atoms with E-state index in [1.807, 2.05) is 0 Å². The summed E-state index contributed by atoms with van der Waals surface area (Å²) >= 11 is 5.22. The van der Waals surface area contributed by atoms with E-state index in [9.17, 15) is 13.2 Å². The number of amides is 1. The molecule has 35 heavy (non-hydrogen) atoms. The van der Waals surface area contributed by atoms with E-state index in [0.29, 0.717) is 23.5 Å². The molecule has 0 aliphatic rings. The first-order chi connectivity index (χ1) is 16.9. The van der Waals surface area contributed by atoms with E-state index in [1.165, 1.54) is 25.0 Å². The van der Waals surface area contributed by atoms with Gasteiger partial charge in [0.05, 0.1) is 11.5 Å². The Morgan fingerprint density at radius 2 is 1.54 bits per heavy atom. The zero-order valence-electron chi connectivity index (χ0n) is 19.5. The van der Waals surface area contributed by atoms with Crippen LogP contribution in [-0.4, -0.2) is 26.0 Å². The van der Waals surface area contributed by atoms with E-state index in [2.05, 4.69) is 22.3 Å². The van der Waals surface area contributed by atoms with Gasteiger partial charge in [0.1, 0.15) is 5.75 Å². The van der Waals surface area contributed by atoms with Gasteiger partial charge in [0.2, 0.25) is 0 Å². The largest absolute Gasteiger partial charge is 0.494 e. The summed E-state index contributed by atoms with van der Waals surface area (Å²) in [5.74, 6) is 0.360. The zero-order chi connectivity index (χ0) is 25.1. The number of rotatable bonds is 11. The summed E-state index contributed by atoms with van der Waals surface area (Å²) in [6, 6.07) is 21.6. The van der Waals surface area contributed by atoms with Crippen LogP contribution in [0.5, 0.6) is 5.75 Å². The number of anilines is 2. The quantitative estimate of drug-likeness (QED) is 0.230. The Kier molecular flexibility index (Phi) is 9.63. The van der Waals surface area contributed by atoms with Gasteiger partial charge in [-0.15, -0.1) is 0 Å². The molecular formula is C26H29N3O4S2. The van der Waals surface area contributed by atoms with Crippen LogP contribution in [0.15, 0.2) is 83.8 Å². The number of sulfonamides is 1. The highest BCUT2D eigenvalue weighted by molar-refractivity contribution is 7.92. The Morgan fingerprint density at radius 3 is 2.20 bits per heavy atom. The highest BCUT2D eigenvalue weighted by Gasteiger charge is 2.14. The van der Waals surface area contributed by atoms with Crippen LogP contribution in [-0.2, 0) is 10.0 Å². The molecule has 0 spiro atoms. The molecule has 3 aromatic carbocycles. The monoisotopic (exact) mass is 511 g/mol. The smallest absolute Gasteiger partial charge is 0.261 e. The average molecular weight is 512 g/mol. The van der Waals surface area contributed by atoms with Gasteiger partial charge in [-0.25, -0.2) is 8.42 Å². The maximum Gasteiger partial charge on any atom is 0.261 e. The Labute approximate surface area is 212 Å². The molecule has 9 heteroatoms. The third kappa shape index (κ3) is 8.38. The minimum Gasteiger partial charge on any atom is -0.494 e. The van der Waals surface area contributed by atoms with E-state index in [-0.39, 0.29) is 15.9 Å². The standard InChI is InChI=1S/C26H29N3O4S2/c1-2-3-4-8-19-33-23-15-11-20(12-16-23)25(30)28-26(34)27-21-13-17-24(18-14-21)35(31,32)29-22-9-6-5-7-10-22/h5-7,9-18,29H,2-4,8,19H2,1H3,(H2,27,28,30,34). The SMILES string of the molecule is CCCCCCOc1ccc(C(=O)NC(=S)Nc2ccc(S(=O)(=O)Nc3ccccc3)cc2)cc1. The molecular weight excluding hydrogens is 482 g/mol. The molecule has 7 nitrogen and oxygen atoms in total. The number of ether oxygens (including phenoxy) is 1. The Balaban J connectivity index is 1.49. The van der Waals surface area contributed by atoms with E-state index in [1.54, 1.807) is 66.7 Å². The predicted molar refractivity (Wildman–Crippen MR) is 143 cm³/mol. The van der Waals surface area contributed by atoms with Crippen molar-refractivity contribution in [1.82, 2.24) is 5.32 Å². The zero-order valence-corrected chi connectivity index (χ0v) is 21.1. The molecule has 3 rings (SSSR count). The third-order valence-electron chi connectivity index (χ3n) is 5.06. The Morgan fingerprint density at radius 1 is 0.857 bits per heavy atom. The molecule has 0 aliphatic heterocycles. The lowest BCUT2D eigenvalue weighted by molar-refractivity contribution is 0.0977. The molecule has 0 aliphatic carbocycles. The molecule has 0 aromatic heterocycles. The molecule has 1 amide bonds. The number of hydrogen-bond donors (Lipinski definition) is 3. The van der Waals surface area contributed by atoms with Crippen molar-refractivity contribution in [3.8, 4) is 5.75 Å². The van der Waals surface area contributed by atoms with Crippen molar-refractivity contribution >= 4 is 44.6 Å². The fourth-order valence-corrected chi connectivity index (χ4v) is 4.47. The van der Waals surface area contributed by atoms with Crippen LogP contribution in [0.25, 0.3) is 0 Å².